The molecule has 8 heteroatoms. The van der Waals surface area contributed by atoms with Crippen LogP contribution in [-0.2, 0) is 13.1 Å². The second kappa shape index (κ2) is 10.4. The minimum atomic E-state index is -0.589. The minimum Gasteiger partial charge on any atom is -0.497 e. The van der Waals surface area contributed by atoms with E-state index in [1.807, 2.05) is 31.2 Å². The van der Waals surface area contributed by atoms with Crippen LogP contribution < -0.4 is 20.3 Å². The molecule has 0 saturated heterocycles. The van der Waals surface area contributed by atoms with Gasteiger partial charge in [0.1, 0.15) is 17.3 Å². The maximum atomic E-state index is 12.9. The van der Waals surface area contributed by atoms with Crippen LogP contribution in [0.2, 0.25) is 0 Å². The van der Waals surface area contributed by atoms with Gasteiger partial charge in [0.2, 0.25) is 0 Å². The minimum absolute atomic E-state index is 0.0229. The zero-order chi connectivity index (χ0) is 22.4. The van der Waals surface area contributed by atoms with E-state index in [0.717, 1.165) is 24.2 Å². The van der Waals surface area contributed by atoms with Crippen LogP contribution in [0.4, 0.5) is 4.79 Å². The van der Waals surface area contributed by atoms with Crippen LogP contribution in [0.15, 0.2) is 47.3 Å². The third-order valence-electron chi connectivity index (χ3n) is 4.88. The van der Waals surface area contributed by atoms with Gasteiger partial charge in [0.25, 0.3) is 5.56 Å². The topological polar surface area (TPSA) is 82.5 Å². The molecule has 31 heavy (non-hydrogen) atoms. The van der Waals surface area contributed by atoms with Gasteiger partial charge in [-0.05, 0) is 43.2 Å². The fourth-order valence-electron chi connectivity index (χ4n) is 3.31. The van der Waals surface area contributed by atoms with Crippen molar-refractivity contribution in [1.82, 2.24) is 14.9 Å². The lowest BCUT2D eigenvalue weighted by Gasteiger charge is -2.16. The Morgan fingerprint density at radius 1 is 1.19 bits per heavy atom. The molecule has 0 bridgehead atoms. The van der Waals surface area contributed by atoms with Gasteiger partial charge >= 0.3 is 6.09 Å². The summed E-state index contributed by atoms with van der Waals surface area (Å²) in [6.07, 6.45) is 1.24. The molecule has 0 saturated carbocycles. The molecule has 0 radical (unpaired) electrons. The molecule has 1 amide bonds. The van der Waals surface area contributed by atoms with Crippen molar-refractivity contribution in [2.75, 3.05) is 7.11 Å². The second-order valence-electron chi connectivity index (χ2n) is 7.05. The molecule has 3 aromatic rings. The number of fused-ring (bicyclic) bond motifs is 1. The zero-order valence-electron chi connectivity index (χ0n) is 17.9. The number of nitrogens with zero attached hydrogens (tertiary/aromatic N) is 2. The quantitative estimate of drug-likeness (QED) is 0.454. The van der Waals surface area contributed by atoms with Gasteiger partial charge in [-0.25, -0.2) is 9.78 Å². The molecule has 1 atom stereocenters. The first kappa shape index (κ1) is 22.8. The number of methoxy groups -OCH3 is 1. The molecule has 1 heterocycles. The Balaban J connectivity index is 1.79. The van der Waals surface area contributed by atoms with E-state index in [1.54, 1.807) is 29.9 Å². The zero-order valence-corrected chi connectivity index (χ0v) is 19.4. The van der Waals surface area contributed by atoms with Crippen molar-refractivity contribution in [2.45, 2.75) is 44.6 Å². The van der Waals surface area contributed by atoms with Crippen LogP contribution in [-0.4, -0.2) is 22.8 Å². The van der Waals surface area contributed by atoms with E-state index in [1.165, 1.54) is 0 Å². The number of halogens is 1. The molecule has 0 aliphatic heterocycles. The number of ether oxygens (including phenoxy) is 2. The first-order valence-electron chi connectivity index (χ1n) is 10.2. The van der Waals surface area contributed by atoms with Gasteiger partial charge in [-0.15, -0.1) is 0 Å². The van der Waals surface area contributed by atoms with Crippen molar-refractivity contribution in [3.05, 3.63) is 64.2 Å². The molecule has 164 valence electrons. The lowest BCUT2D eigenvalue weighted by Crippen LogP contribution is -2.27. The molecule has 3 rings (SSSR count). The molecule has 0 aliphatic carbocycles. The van der Waals surface area contributed by atoms with Gasteiger partial charge in [0.05, 0.1) is 22.8 Å². The fraction of sp³-hybridized carbons (Fsp3) is 0.348. The molecular formula is C23H26BrN3O4. The van der Waals surface area contributed by atoms with E-state index in [9.17, 15) is 9.59 Å². The number of alkyl halides is 1. The van der Waals surface area contributed by atoms with Gasteiger partial charge in [-0.2, -0.15) is 0 Å². The average molecular weight is 488 g/mol. The molecule has 0 fully saturated rings. The molecular weight excluding hydrogens is 462 g/mol. The van der Waals surface area contributed by atoms with E-state index in [-0.39, 0.29) is 10.4 Å². The first-order chi connectivity index (χ1) is 15.0. The van der Waals surface area contributed by atoms with Crippen molar-refractivity contribution in [1.29, 1.82) is 0 Å². The second-order valence-corrected chi connectivity index (χ2v) is 8.15. The van der Waals surface area contributed by atoms with Gasteiger partial charge < -0.3 is 14.8 Å². The number of nitrogens with one attached hydrogen (secondary N) is 1. The number of amides is 1. The number of aromatic nitrogens is 2. The Hall–Kier alpha value is -2.87. The highest BCUT2D eigenvalue weighted by atomic mass is 79.9. The number of carbonyl (C=O) groups excluding carboxylic acids is 1. The first-order valence-corrected chi connectivity index (χ1v) is 11.2. The molecule has 1 N–H and O–H groups in total. The van der Waals surface area contributed by atoms with Crippen molar-refractivity contribution in [3.8, 4) is 11.5 Å². The maximum absolute atomic E-state index is 12.9. The third-order valence-corrected chi connectivity index (χ3v) is 5.74. The number of carbonyl (C=O) groups is 1. The van der Waals surface area contributed by atoms with Gasteiger partial charge in [0, 0.05) is 19.2 Å². The maximum Gasteiger partial charge on any atom is 0.412 e. The molecule has 1 aromatic heterocycles. The summed E-state index contributed by atoms with van der Waals surface area (Å²) in [4.78, 5) is 29.8. The lowest BCUT2D eigenvalue weighted by molar-refractivity contribution is 0.200. The number of hydrogen-bond acceptors (Lipinski definition) is 5. The molecule has 0 aliphatic rings. The van der Waals surface area contributed by atoms with Crippen LogP contribution in [0.3, 0.4) is 0 Å². The Kier molecular flexibility index (Phi) is 7.68. The van der Waals surface area contributed by atoms with Crippen molar-refractivity contribution < 1.29 is 14.3 Å². The van der Waals surface area contributed by atoms with Gasteiger partial charge in [0.15, 0.2) is 0 Å². The Morgan fingerprint density at radius 2 is 2.00 bits per heavy atom. The van der Waals surface area contributed by atoms with E-state index < -0.39 is 6.09 Å². The monoisotopic (exact) mass is 487 g/mol. The van der Waals surface area contributed by atoms with Crippen LogP contribution in [0.25, 0.3) is 10.9 Å². The Labute approximate surface area is 189 Å². The Morgan fingerprint density at radius 3 is 2.71 bits per heavy atom. The lowest BCUT2D eigenvalue weighted by atomic mass is 10.2. The van der Waals surface area contributed by atoms with E-state index in [4.69, 9.17) is 14.5 Å². The predicted molar refractivity (Wildman–Crippen MR) is 124 cm³/mol. The SMILES string of the molecule is CCCC(Br)c1nc2cc(OC(=O)NCc3cccc(OC)c3)ccc2c(=O)n1CC. The predicted octanol–water partition coefficient (Wildman–Crippen LogP) is 4.95. The molecule has 1 unspecified atom stereocenters. The van der Waals surface area contributed by atoms with Crippen LogP contribution >= 0.6 is 15.9 Å². The highest BCUT2D eigenvalue weighted by molar-refractivity contribution is 9.09. The van der Waals surface area contributed by atoms with E-state index in [0.29, 0.717) is 35.6 Å². The number of benzene rings is 2. The smallest absolute Gasteiger partial charge is 0.412 e. The van der Waals surface area contributed by atoms with Crippen molar-refractivity contribution in [3.63, 3.8) is 0 Å². The summed E-state index contributed by atoms with van der Waals surface area (Å²) >= 11 is 3.64. The van der Waals surface area contributed by atoms with E-state index >= 15 is 0 Å². The van der Waals surface area contributed by atoms with E-state index in [2.05, 4.69) is 28.2 Å². The largest absolute Gasteiger partial charge is 0.497 e. The summed E-state index contributed by atoms with van der Waals surface area (Å²) in [5.74, 6) is 1.72. The fourth-order valence-corrected chi connectivity index (χ4v) is 4.12. The third kappa shape index (κ3) is 5.44. The normalized spacial score (nSPS) is 11.9. The summed E-state index contributed by atoms with van der Waals surface area (Å²) < 4.78 is 12.3. The average Bonchev–Trinajstić information content (AvgIpc) is 2.77. The molecule has 0 spiro atoms. The number of rotatable bonds is 8. The van der Waals surface area contributed by atoms with Gasteiger partial charge in [-0.1, -0.05) is 41.4 Å². The highest BCUT2D eigenvalue weighted by Crippen LogP contribution is 2.27. The standard InChI is InChI=1S/C23H26BrN3O4/c1-4-7-19(24)21-26-20-13-17(10-11-18(20)22(28)27(21)5-2)31-23(29)25-14-15-8-6-9-16(12-15)30-3/h6,8-13,19H,4-5,7,14H2,1-3H3,(H,25,29). The molecule has 2 aromatic carbocycles. The molecule has 7 nitrogen and oxygen atoms in total. The van der Waals surface area contributed by atoms with Crippen molar-refractivity contribution in [2.24, 2.45) is 0 Å². The summed E-state index contributed by atoms with van der Waals surface area (Å²) in [5.41, 5.74) is 1.29. The summed E-state index contributed by atoms with van der Waals surface area (Å²) in [6.45, 7) is 4.84. The van der Waals surface area contributed by atoms with Crippen molar-refractivity contribution >= 4 is 32.9 Å². The van der Waals surface area contributed by atoms with Crippen LogP contribution in [0.1, 0.15) is 42.9 Å². The summed E-state index contributed by atoms with van der Waals surface area (Å²) in [5, 5.41) is 3.20. The Bertz CT molecular complexity index is 1130. The van der Waals surface area contributed by atoms with Crippen LogP contribution in [0.5, 0.6) is 11.5 Å². The highest BCUT2D eigenvalue weighted by Gasteiger charge is 2.17. The summed E-state index contributed by atoms with van der Waals surface area (Å²) in [6, 6.07) is 12.3. The van der Waals surface area contributed by atoms with Gasteiger partial charge in [-0.3, -0.25) is 9.36 Å². The van der Waals surface area contributed by atoms with Crippen LogP contribution in [0, 0.1) is 0 Å². The number of hydrogen-bond donors (Lipinski definition) is 1. The summed E-state index contributed by atoms with van der Waals surface area (Å²) in [7, 11) is 1.59.